The number of fused-ring (bicyclic) bond motifs is 1. The Balaban J connectivity index is 1.82. The Morgan fingerprint density at radius 1 is 1.27 bits per heavy atom. The molecule has 5 heteroatoms. The van der Waals surface area contributed by atoms with Gasteiger partial charge in [0.25, 0.3) is 0 Å². The Bertz CT molecular complexity index is 553. The van der Waals surface area contributed by atoms with E-state index in [0.29, 0.717) is 32.8 Å². The molecule has 120 valence electrons. The molecule has 0 atom stereocenters. The van der Waals surface area contributed by atoms with Gasteiger partial charge in [0.2, 0.25) is 5.91 Å². The summed E-state index contributed by atoms with van der Waals surface area (Å²) in [4.78, 5) is 16.6. The Morgan fingerprint density at radius 3 is 2.77 bits per heavy atom. The van der Waals surface area contributed by atoms with Crippen LogP contribution in [0.2, 0.25) is 0 Å². The Labute approximate surface area is 131 Å². The third-order valence-corrected chi connectivity index (χ3v) is 4.56. The van der Waals surface area contributed by atoms with Crippen LogP contribution in [0.15, 0.2) is 12.1 Å². The van der Waals surface area contributed by atoms with Crippen molar-refractivity contribution >= 4 is 11.6 Å². The zero-order chi connectivity index (χ0) is 15.5. The van der Waals surface area contributed by atoms with Gasteiger partial charge in [-0.15, -0.1) is 0 Å². The maximum atomic E-state index is 12.5. The minimum absolute atomic E-state index is 0.180. The molecule has 0 aliphatic carbocycles. The minimum Gasteiger partial charge on any atom is -0.495 e. The van der Waals surface area contributed by atoms with Crippen LogP contribution in [-0.2, 0) is 16.0 Å². The summed E-state index contributed by atoms with van der Waals surface area (Å²) in [6.45, 7) is 6.14. The topological polar surface area (TPSA) is 42.0 Å². The SMILES string of the molecule is COc1ccc(C)c2c1N(CC(=O)N1CCOCC1)CCC2. The lowest BCUT2D eigenvalue weighted by molar-refractivity contribution is -0.133. The van der Waals surface area contributed by atoms with Crippen LogP contribution in [0.25, 0.3) is 0 Å². The molecule has 2 aliphatic rings. The lowest BCUT2D eigenvalue weighted by Crippen LogP contribution is -2.46. The molecule has 1 aromatic carbocycles. The molecule has 2 heterocycles. The maximum Gasteiger partial charge on any atom is 0.242 e. The number of ether oxygens (including phenoxy) is 2. The number of hydrogen-bond donors (Lipinski definition) is 0. The van der Waals surface area contributed by atoms with Gasteiger partial charge >= 0.3 is 0 Å². The van der Waals surface area contributed by atoms with Crippen LogP contribution in [0.4, 0.5) is 5.69 Å². The summed E-state index contributed by atoms with van der Waals surface area (Å²) in [5.41, 5.74) is 3.70. The maximum absolute atomic E-state index is 12.5. The van der Waals surface area contributed by atoms with Gasteiger partial charge in [-0.2, -0.15) is 0 Å². The van der Waals surface area contributed by atoms with Crippen LogP contribution >= 0.6 is 0 Å². The lowest BCUT2D eigenvalue weighted by Gasteiger charge is -2.35. The molecule has 5 nitrogen and oxygen atoms in total. The van der Waals surface area contributed by atoms with Crippen LogP contribution in [-0.4, -0.2) is 57.3 Å². The molecule has 3 rings (SSSR count). The number of carbonyl (C=O) groups excluding carboxylic acids is 1. The van der Waals surface area contributed by atoms with E-state index in [1.54, 1.807) is 7.11 Å². The van der Waals surface area contributed by atoms with Crippen molar-refractivity contribution in [2.75, 3.05) is 51.4 Å². The molecule has 0 spiro atoms. The number of amides is 1. The van der Waals surface area contributed by atoms with Gasteiger partial charge in [-0.05, 0) is 37.0 Å². The average molecular weight is 304 g/mol. The molecule has 1 fully saturated rings. The molecule has 0 radical (unpaired) electrons. The summed E-state index contributed by atoms with van der Waals surface area (Å²) < 4.78 is 10.9. The first kappa shape index (κ1) is 15.2. The largest absolute Gasteiger partial charge is 0.495 e. The van der Waals surface area contributed by atoms with Crippen LogP contribution in [0, 0.1) is 6.92 Å². The van der Waals surface area contributed by atoms with Crippen molar-refractivity contribution in [3.63, 3.8) is 0 Å². The van der Waals surface area contributed by atoms with E-state index in [2.05, 4.69) is 17.9 Å². The fourth-order valence-electron chi connectivity index (χ4n) is 3.34. The van der Waals surface area contributed by atoms with E-state index in [-0.39, 0.29) is 5.91 Å². The monoisotopic (exact) mass is 304 g/mol. The predicted molar refractivity (Wildman–Crippen MR) is 85.7 cm³/mol. The summed E-state index contributed by atoms with van der Waals surface area (Å²) in [6, 6.07) is 4.11. The van der Waals surface area contributed by atoms with Gasteiger partial charge in [-0.25, -0.2) is 0 Å². The van der Waals surface area contributed by atoms with Crippen LogP contribution < -0.4 is 9.64 Å². The molecule has 22 heavy (non-hydrogen) atoms. The fraction of sp³-hybridized carbons (Fsp3) is 0.588. The molecule has 0 unspecified atom stereocenters. The second kappa shape index (κ2) is 6.57. The van der Waals surface area contributed by atoms with Crippen molar-refractivity contribution in [2.24, 2.45) is 0 Å². The number of carbonyl (C=O) groups is 1. The molecule has 1 aromatic rings. The minimum atomic E-state index is 0.180. The summed E-state index contributed by atoms with van der Waals surface area (Å²) in [5, 5.41) is 0. The van der Waals surface area contributed by atoms with Gasteiger partial charge < -0.3 is 19.3 Å². The second-order valence-corrected chi connectivity index (χ2v) is 5.93. The zero-order valence-electron chi connectivity index (χ0n) is 13.4. The number of rotatable bonds is 3. The second-order valence-electron chi connectivity index (χ2n) is 5.93. The Morgan fingerprint density at radius 2 is 2.05 bits per heavy atom. The summed E-state index contributed by atoms with van der Waals surface area (Å²) >= 11 is 0. The number of morpholine rings is 1. The molecule has 0 saturated carbocycles. The first-order chi connectivity index (χ1) is 10.7. The summed E-state index contributed by atoms with van der Waals surface area (Å²) in [5.74, 6) is 1.05. The smallest absolute Gasteiger partial charge is 0.242 e. The van der Waals surface area contributed by atoms with Crippen LogP contribution in [0.5, 0.6) is 5.75 Å². The number of benzene rings is 1. The number of methoxy groups -OCH3 is 1. The molecule has 2 aliphatic heterocycles. The quantitative estimate of drug-likeness (QED) is 0.851. The Kier molecular flexibility index (Phi) is 4.52. The Hall–Kier alpha value is -1.75. The van der Waals surface area contributed by atoms with E-state index < -0.39 is 0 Å². The van der Waals surface area contributed by atoms with E-state index in [1.165, 1.54) is 11.1 Å². The standard InChI is InChI=1S/C17H24N2O3/c1-13-5-6-15(21-2)17-14(13)4-3-7-19(17)12-16(20)18-8-10-22-11-9-18/h5-6H,3-4,7-12H2,1-2H3. The van der Waals surface area contributed by atoms with Crippen molar-refractivity contribution < 1.29 is 14.3 Å². The third kappa shape index (κ3) is 2.90. The highest BCUT2D eigenvalue weighted by Crippen LogP contribution is 2.38. The van der Waals surface area contributed by atoms with E-state index in [4.69, 9.17) is 9.47 Å². The number of nitrogens with zero attached hydrogens (tertiary/aromatic N) is 2. The van der Waals surface area contributed by atoms with E-state index in [9.17, 15) is 4.79 Å². The molecular formula is C17H24N2O3. The average Bonchev–Trinajstić information content (AvgIpc) is 2.56. The predicted octanol–water partition coefficient (Wildman–Crippen LogP) is 1.62. The van der Waals surface area contributed by atoms with Crippen molar-refractivity contribution in [2.45, 2.75) is 19.8 Å². The summed E-state index contributed by atoms with van der Waals surface area (Å²) in [6.07, 6.45) is 2.14. The van der Waals surface area contributed by atoms with Crippen molar-refractivity contribution in [3.05, 3.63) is 23.3 Å². The van der Waals surface area contributed by atoms with E-state index in [1.807, 2.05) is 11.0 Å². The highest BCUT2D eigenvalue weighted by molar-refractivity contribution is 5.83. The van der Waals surface area contributed by atoms with Gasteiger partial charge in [-0.3, -0.25) is 4.79 Å². The van der Waals surface area contributed by atoms with E-state index >= 15 is 0 Å². The van der Waals surface area contributed by atoms with Gasteiger partial charge in [0.1, 0.15) is 5.75 Å². The van der Waals surface area contributed by atoms with Gasteiger partial charge in [0.15, 0.2) is 0 Å². The van der Waals surface area contributed by atoms with Crippen molar-refractivity contribution in [1.82, 2.24) is 4.90 Å². The van der Waals surface area contributed by atoms with Crippen LogP contribution in [0.1, 0.15) is 17.5 Å². The van der Waals surface area contributed by atoms with Gasteiger partial charge in [-0.1, -0.05) is 6.07 Å². The van der Waals surface area contributed by atoms with Gasteiger partial charge in [0, 0.05) is 19.6 Å². The van der Waals surface area contributed by atoms with Crippen molar-refractivity contribution in [1.29, 1.82) is 0 Å². The number of anilines is 1. The molecule has 1 saturated heterocycles. The van der Waals surface area contributed by atoms with Crippen LogP contribution in [0.3, 0.4) is 0 Å². The lowest BCUT2D eigenvalue weighted by atomic mass is 9.96. The first-order valence-electron chi connectivity index (χ1n) is 7.97. The highest BCUT2D eigenvalue weighted by atomic mass is 16.5. The summed E-state index contributed by atoms with van der Waals surface area (Å²) in [7, 11) is 1.70. The van der Waals surface area contributed by atoms with Gasteiger partial charge in [0.05, 0.1) is 32.6 Å². The van der Waals surface area contributed by atoms with E-state index in [0.717, 1.165) is 30.8 Å². The van der Waals surface area contributed by atoms with Crippen molar-refractivity contribution in [3.8, 4) is 5.75 Å². The molecular weight excluding hydrogens is 280 g/mol. The third-order valence-electron chi connectivity index (χ3n) is 4.56. The number of aryl methyl sites for hydroxylation is 1. The fourth-order valence-corrected chi connectivity index (χ4v) is 3.34. The number of hydrogen-bond acceptors (Lipinski definition) is 4. The highest BCUT2D eigenvalue weighted by Gasteiger charge is 2.26. The molecule has 1 amide bonds. The normalized spacial score (nSPS) is 18.1. The molecule has 0 aromatic heterocycles. The molecule has 0 N–H and O–H groups in total. The molecule has 0 bridgehead atoms. The first-order valence-corrected chi connectivity index (χ1v) is 7.97. The zero-order valence-corrected chi connectivity index (χ0v) is 13.4.